The fraction of sp³-hybridized carbons (Fsp3) is 0.909. The summed E-state index contributed by atoms with van der Waals surface area (Å²) in [6.45, 7) is 6.46. The van der Waals surface area contributed by atoms with Crippen molar-refractivity contribution in [2.24, 2.45) is 4.99 Å². The van der Waals surface area contributed by atoms with Gasteiger partial charge in [-0.1, -0.05) is 0 Å². The summed E-state index contributed by atoms with van der Waals surface area (Å²) in [5, 5.41) is 6.11. The van der Waals surface area contributed by atoms with Crippen molar-refractivity contribution >= 4 is 5.96 Å². The molecule has 0 amide bonds. The zero-order valence-electron chi connectivity index (χ0n) is 10.9. The van der Waals surface area contributed by atoms with Crippen LogP contribution in [0.3, 0.4) is 0 Å². The first-order chi connectivity index (χ1) is 7.64. The molecule has 0 aromatic heterocycles. The minimum absolute atomic E-state index is 0.117. The third kappa shape index (κ3) is 11.3. The maximum absolute atomic E-state index is 11.9. The van der Waals surface area contributed by atoms with Gasteiger partial charge in [-0.2, -0.15) is 13.2 Å². The van der Waals surface area contributed by atoms with Gasteiger partial charge in [-0.05, 0) is 33.6 Å². The first-order valence-electron chi connectivity index (χ1n) is 5.69. The van der Waals surface area contributed by atoms with Gasteiger partial charge in [0.05, 0.1) is 0 Å². The van der Waals surface area contributed by atoms with E-state index in [1.165, 1.54) is 0 Å². The second kappa shape index (κ2) is 6.71. The van der Waals surface area contributed by atoms with Gasteiger partial charge in [0.2, 0.25) is 0 Å². The lowest BCUT2D eigenvalue weighted by Crippen LogP contribution is -2.47. The van der Waals surface area contributed by atoms with Gasteiger partial charge in [-0.25, -0.2) is 0 Å². The number of unbranched alkanes of at least 4 members (excludes halogenated alkanes) is 1. The second-order valence-electron chi connectivity index (χ2n) is 4.95. The third-order valence-electron chi connectivity index (χ3n) is 1.90. The van der Waals surface area contributed by atoms with Gasteiger partial charge in [0.25, 0.3) is 0 Å². The molecule has 3 nitrogen and oxygen atoms in total. The molecule has 0 aliphatic rings. The lowest BCUT2D eigenvalue weighted by atomic mass is 10.1. The Kier molecular flexibility index (Phi) is 6.34. The van der Waals surface area contributed by atoms with Crippen LogP contribution >= 0.6 is 0 Å². The van der Waals surface area contributed by atoms with Crippen LogP contribution in [0.5, 0.6) is 0 Å². The van der Waals surface area contributed by atoms with E-state index in [0.717, 1.165) is 0 Å². The summed E-state index contributed by atoms with van der Waals surface area (Å²) in [7, 11) is 1.64. The summed E-state index contributed by atoms with van der Waals surface area (Å²) in [5.41, 5.74) is -0.117. The quantitative estimate of drug-likeness (QED) is 0.459. The zero-order chi connectivity index (χ0) is 13.5. The van der Waals surface area contributed by atoms with E-state index in [-0.39, 0.29) is 12.0 Å². The Morgan fingerprint density at radius 3 is 2.12 bits per heavy atom. The predicted molar refractivity (Wildman–Crippen MR) is 64.2 cm³/mol. The number of rotatable bonds is 4. The van der Waals surface area contributed by atoms with Crippen molar-refractivity contribution in [2.45, 2.75) is 51.7 Å². The monoisotopic (exact) mass is 253 g/mol. The molecule has 2 N–H and O–H groups in total. The second-order valence-corrected chi connectivity index (χ2v) is 4.95. The minimum atomic E-state index is -4.05. The van der Waals surface area contributed by atoms with E-state index >= 15 is 0 Å². The average molecular weight is 253 g/mol. The van der Waals surface area contributed by atoms with Crippen LogP contribution < -0.4 is 10.6 Å². The van der Waals surface area contributed by atoms with E-state index in [2.05, 4.69) is 15.6 Å². The Morgan fingerprint density at radius 2 is 1.71 bits per heavy atom. The number of alkyl halides is 3. The molecule has 0 radical (unpaired) electrons. The van der Waals surface area contributed by atoms with Crippen molar-refractivity contribution in [3.8, 4) is 0 Å². The van der Waals surface area contributed by atoms with Crippen molar-refractivity contribution in [1.29, 1.82) is 0 Å². The molecule has 0 unspecified atom stereocenters. The molecule has 0 fully saturated rings. The summed E-state index contributed by atoms with van der Waals surface area (Å²) < 4.78 is 35.6. The topological polar surface area (TPSA) is 36.4 Å². The number of nitrogens with one attached hydrogen (secondary N) is 2. The molecule has 17 heavy (non-hydrogen) atoms. The van der Waals surface area contributed by atoms with Crippen molar-refractivity contribution in [3.63, 3.8) is 0 Å². The molecule has 0 heterocycles. The smallest absolute Gasteiger partial charge is 0.356 e. The van der Waals surface area contributed by atoms with Gasteiger partial charge in [0, 0.05) is 25.6 Å². The van der Waals surface area contributed by atoms with Crippen LogP contribution in [-0.4, -0.2) is 31.3 Å². The lowest BCUT2D eigenvalue weighted by molar-refractivity contribution is -0.135. The van der Waals surface area contributed by atoms with Gasteiger partial charge < -0.3 is 10.6 Å². The maximum Gasteiger partial charge on any atom is 0.389 e. The van der Waals surface area contributed by atoms with E-state index in [1.54, 1.807) is 7.05 Å². The van der Waals surface area contributed by atoms with Crippen molar-refractivity contribution in [1.82, 2.24) is 10.6 Å². The number of guanidine groups is 1. The number of hydrogen-bond donors (Lipinski definition) is 2. The predicted octanol–water partition coefficient (Wildman–Crippen LogP) is 2.68. The molecular formula is C11H22F3N3. The van der Waals surface area contributed by atoms with E-state index in [0.29, 0.717) is 18.9 Å². The minimum Gasteiger partial charge on any atom is -0.356 e. The van der Waals surface area contributed by atoms with Crippen LogP contribution in [0.15, 0.2) is 4.99 Å². The first-order valence-corrected chi connectivity index (χ1v) is 5.69. The van der Waals surface area contributed by atoms with Crippen LogP contribution in [-0.2, 0) is 0 Å². The Balaban J connectivity index is 3.73. The molecule has 0 saturated heterocycles. The number of halogens is 3. The number of aliphatic imine (C=N–C) groups is 1. The summed E-state index contributed by atoms with van der Waals surface area (Å²) >= 11 is 0. The standard InChI is InChI=1S/C11H22F3N3/c1-10(2,3)17-9(15-4)16-8-6-5-7-11(12,13)14/h5-8H2,1-4H3,(H2,15,16,17). The summed E-state index contributed by atoms with van der Waals surface area (Å²) in [6.07, 6.45) is -4.15. The molecule has 0 aromatic rings. The zero-order valence-corrected chi connectivity index (χ0v) is 10.9. The Labute approximate surface area is 101 Å². The molecule has 0 rings (SSSR count). The maximum atomic E-state index is 11.9. The van der Waals surface area contributed by atoms with Gasteiger partial charge in [0.1, 0.15) is 0 Å². The Bertz CT molecular complexity index is 241. The number of hydrogen-bond acceptors (Lipinski definition) is 1. The third-order valence-corrected chi connectivity index (χ3v) is 1.90. The van der Waals surface area contributed by atoms with E-state index < -0.39 is 12.6 Å². The summed E-state index contributed by atoms with van der Waals surface area (Å²) in [5.74, 6) is 0.615. The molecule has 0 bridgehead atoms. The van der Waals surface area contributed by atoms with Gasteiger partial charge in [0.15, 0.2) is 5.96 Å². The molecule has 6 heteroatoms. The van der Waals surface area contributed by atoms with Gasteiger partial charge >= 0.3 is 6.18 Å². The summed E-state index contributed by atoms with van der Waals surface area (Å²) in [4.78, 5) is 3.99. The average Bonchev–Trinajstić information content (AvgIpc) is 2.11. The first kappa shape index (κ1) is 16.1. The molecule has 102 valence electrons. The van der Waals surface area contributed by atoms with Crippen molar-refractivity contribution < 1.29 is 13.2 Å². The van der Waals surface area contributed by atoms with Gasteiger partial charge in [-0.3, -0.25) is 4.99 Å². The highest BCUT2D eigenvalue weighted by atomic mass is 19.4. The Morgan fingerprint density at radius 1 is 1.12 bits per heavy atom. The molecule has 0 saturated carbocycles. The van der Waals surface area contributed by atoms with Crippen LogP contribution in [0, 0.1) is 0 Å². The normalized spacial score (nSPS) is 13.7. The van der Waals surface area contributed by atoms with Crippen LogP contribution in [0.4, 0.5) is 13.2 Å². The number of nitrogens with zero attached hydrogens (tertiary/aromatic N) is 1. The SMILES string of the molecule is CN=C(NCCCCC(F)(F)F)NC(C)(C)C. The highest BCUT2D eigenvalue weighted by Gasteiger charge is 2.25. The summed E-state index contributed by atoms with van der Waals surface area (Å²) in [6, 6.07) is 0. The molecule has 0 aliphatic carbocycles. The van der Waals surface area contributed by atoms with E-state index in [4.69, 9.17) is 0 Å². The largest absolute Gasteiger partial charge is 0.389 e. The van der Waals surface area contributed by atoms with Crippen LogP contribution in [0.1, 0.15) is 40.0 Å². The van der Waals surface area contributed by atoms with Crippen molar-refractivity contribution in [2.75, 3.05) is 13.6 Å². The van der Waals surface area contributed by atoms with Gasteiger partial charge in [-0.15, -0.1) is 0 Å². The van der Waals surface area contributed by atoms with E-state index in [1.807, 2.05) is 20.8 Å². The highest BCUT2D eigenvalue weighted by molar-refractivity contribution is 5.80. The fourth-order valence-electron chi connectivity index (χ4n) is 1.19. The molecule has 0 aliphatic heterocycles. The fourth-order valence-corrected chi connectivity index (χ4v) is 1.19. The van der Waals surface area contributed by atoms with Crippen LogP contribution in [0.2, 0.25) is 0 Å². The molecule has 0 spiro atoms. The van der Waals surface area contributed by atoms with Crippen molar-refractivity contribution in [3.05, 3.63) is 0 Å². The lowest BCUT2D eigenvalue weighted by Gasteiger charge is -2.23. The highest BCUT2D eigenvalue weighted by Crippen LogP contribution is 2.21. The van der Waals surface area contributed by atoms with Crippen LogP contribution in [0.25, 0.3) is 0 Å². The van der Waals surface area contributed by atoms with E-state index in [9.17, 15) is 13.2 Å². The molecule has 0 atom stereocenters. The molecular weight excluding hydrogens is 231 g/mol. The Hall–Kier alpha value is -0.940. The molecule has 0 aromatic carbocycles.